The van der Waals surface area contributed by atoms with Gasteiger partial charge in [-0.3, -0.25) is 9.59 Å². The molecule has 0 saturated carbocycles. The summed E-state index contributed by atoms with van der Waals surface area (Å²) in [7, 11) is -4.09. The summed E-state index contributed by atoms with van der Waals surface area (Å²) in [6.45, 7) is 1.61. The van der Waals surface area contributed by atoms with E-state index in [0.29, 0.717) is 32.0 Å². The van der Waals surface area contributed by atoms with Crippen LogP contribution in [-0.4, -0.2) is 46.4 Å². The van der Waals surface area contributed by atoms with Crippen molar-refractivity contribution in [2.45, 2.75) is 16.0 Å². The highest BCUT2D eigenvalue weighted by molar-refractivity contribution is 7.91. The van der Waals surface area contributed by atoms with E-state index in [0.717, 1.165) is 18.2 Å². The van der Waals surface area contributed by atoms with Crippen molar-refractivity contribution in [2.75, 3.05) is 36.5 Å². The summed E-state index contributed by atoms with van der Waals surface area (Å²) in [6, 6.07) is 12.5. The minimum Gasteiger partial charge on any atom is -0.378 e. The number of carbonyl (C=O) groups is 2. The summed E-state index contributed by atoms with van der Waals surface area (Å²) >= 11 is 0. The molecule has 0 atom stereocenters. The van der Waals surface area contributed by atoms with Crippen molar-refractivity contribution in [3.8, 4) is 0 Å². The van der Waals surface area contributed by atoms with E-state index in [1.807, 2.05) is 0 Å². The first kappa shape index (κ1) is 24.0. The monoisotopic (exact) mass is 516 g/mol. The fourth-order valence-corrected chi connectivity index (χ4v) is 5.99. The number of ether oxygens (including phenoxy) is 1. The Balaban J connectivity index is 1.53. The van der Waals surface area contributed by atoms with E-state index in [1.165, 1.54) is 36.4 Å². The molecule has 0 spiro atoms. The first-order valence-electron chi connectivity index (χ1n) is 11.0. The number of hydrogen-bond acceptors (Lipinski definition) is 6. The zero-order valence-electron chi connectivity index (χ0n) is 18.6. The van der Waals surface area contributed by atoms with E-state index in [-0.39, 0.29) is 32.2 Å². The number of alkyl halides is 3. The number of halogens is 3. The number of sulfone groups is 1. The lowest BCUT2D eigenvalue weighted by Gasteiger charge is -2.31. The number of amides is 1. The molecule has 3 aromatic carbocycles. The molecule has 0 unspecified atom stereocenters. The fraction of sp³-hybridized carbons (Fsp3) is 0.200. The van der Waals surface area contributed by atoms with Crippen LogP contribution < -0.4 is 10.2 Å². The Hall–Kier alpha value is -3.70. The molecule has 1 saturated heterocycles. The highest BCUT2D eigenvalue weighted by atomic mass is 32.2. The number of hydrogen-bond donors (Lipinski definition) is 1. The Morgan fingerprint density at radius 2 is 1.61 bits per heavy atom. The van der Waals surface area contributed by atoms with Crippen LogP contribution in [0.15, 0.2) is 70.5 Å². The normalized spacial score (nSPS) is 16.8. The summed E-state index contributed by atoms with van der Waals surface area (Å²) < 4.78 is 71.8. The summed E-state index contributed by atoms with van der Waals surface area (Å²) in [5.74, 6) is -1.30. The Kier molecular flexibility index (Phi) is 5.84. The minimum atomic E-state index is -4.63. The Bertz CT molecular complexity index is 1500. The predicted octanol–water partition coefficient (Wildman–Crippen LogP) is 4.17. The van der Waals surface area contributed by atoms with Gasteiger partial charge in [0, 0.05) is 29.8 Å². The van der Waals surface area contributed by atoms with E-state index in [4.69, 9.17) is 4.74 Å². The molecule has 2 heterocycles. The highest BCUT2D eigenvalue weighted by Gasteiger charge is 2.35. The van der Waals surface area contributed by atoms with Gasteiger partial charge in [-0.1, -0.05) is 12.1 Å². The fourth-order valence-electron chi connectivity index (χ4n) is 4.31. The van der Waals surface area contributed by atoms with Crippen LogP contribution in [0.2, 0.25) is 0 Å². The summed E-state index contributed by atoms with van der Waals surface area (Å²) in [5.41, 5.74) is -0.771. The van der Waals surface area contributed by atoms with Crippen molar-refractivity contribution in [3.63, 3.8) is 0 Å². The maximum absolute atomic E-state index is 13.4. The molecule has 1 amide bonds. The van der Waals surface area contributed by atoms with Gasteiger partial charge < -0.3 is 15.0 Å². The van der Waals surface area contributed by atoms with Crippen LogP contribution in [0.25, 0.3) is 0 Å². The molecular weight excluding hydrogens is 497 g/mol. The molecule has 2 aliphatic heterocycles. The number of ketones is 1. The molecule has 0 aromatic heterocycles. The Morgan fingerprint density at radius 3 is 2.33 bits per heavy atom. The zero-order valence-corrected chi connectivity index (χ0v) is 19.4. The zero-order chi connectivity index (χ0) is 25.7. The van der Waals surface area contributed by atoms with Gasteiger partial charge in [-0.15, -0.1) is 0 Å². The van der Waals surface area contributed by atoms with Crippen molar-refractivity contribution < 1.29 is 35.9 Å². The molecular formula is C25H19F3N2O5S. The van der Waals surface area contributed by atoms with Gasteiger partial charge in [0.25, 0.3) is 5.91 Å². The van der Waals surface area contributed by atoms with Crippen molar-refractivity contribution in [3.05, 3.63) is 82.9 Å². The summed E-state index contributed by atoms with van der Waals surface area (Å²) in [4.78, 5) is 27.3. The molecule has 1 fully saturated rings. The number of nitrogens with one attached hydrogen (secondary N) is 1. The molecule has 1 N–H and O–H groups in total. The van der Waals surface area contributed by atoms with Crippen LogP contribution >= 0.6 is 0 Å². The van der Waals surface area contributed by atoms with Crippen molar-refractivity contribution in [1.82, 2.24) is 0 Å². The number of benzene rings is 3. The topological polar surface area (TPSA) is 92.8 Å². The largest absolute Gasteiger partial charge is 0.416 e. The predicted molar refractivity (Wildman–Crippen MR) is 124 cm³/mol. The number of fused-ring (bicyclic) bond motifs is 2. The van der Waals surface area contributed by atoms with Crippen molar-refractivity contribution in [1.29, 1.82) is 0 Å². The van der Waals surface area contributed by atoms with Gasteiger partial charge in [-0.25, -0.2) is 8.42 Å². The van der Waals surface area contributed by atoms with Crippen LogP contribution in [0.5, 0.6) is 0 Å². The van der Waals surface area contributed by atoms with Gasteiger partial charge >= 0.3 is 6.18 Å². The highest BCUT2D eigenvalue weighted by Crippen LogP contribution is 2.37. The van der Waals surface area contributed by atoms with E-state index in [1.54, 1.807) is 11.0 Å². The van der Waals surface area contributed by atoms with Crippen LogP contribution in [0.1, 0.15) is 31.8 Å². The van der Waals surface area contributed by atoms with Crippen molar-refractivity contribution in [2.24, 2.45) is 0 Å². The molecule has 3 aromatic rings. The molecule has 0 bridgehead atoms. The van der Waals surface area contributed by atoms with E-state index in [9.17, 15) is 31.2 Å². The third kappa shape index (κ3) is 4.14. The van der Waals surface area contributed by atoms with Crippen LogP contribution in [0, 0.1) is 0 Å². The molecule has 0 aliphatic carbocycles. The Labute approximate surface area is 204 Å². The number of anilines is 2. The van der Waals surface area contributed by atoms with Gasteiger partial charge in [0.1, 0.15) is 0 Å². The standard InChI is InChI=1S/C25H19F3N2O5S/c26-25(27,28)16-6-8-20(30-9-11-35-12-10-30)19(14-16)29-24(32)15-5-7-18-22(13-15)36(33,34)21-4-2-1-3-17(21)23(18)31/h1-8,13-14H,9-12H2,(H,29,32). The second kappa shape index (κ2) is 8.75. The van der Waals surface area contributed by atoms with Gasteiger partial charge in [0.15, 0.2) is 5.78 Å². The number of carbonyl (C=O) groups excluding carboxylic acids is 2. The lowest BCUT2D eigenvalue weighted by Crippen LogP contribution is -2.36. The van der Waals surface area contributed by atoms with Crippen LogP contribution in [0.4, 0.5) is 24.5 Å². The number of nitrogens with zero attached hydrogens (tertiary/aromatic N) is 1. The van der Waals surface area contributed by atoms with Gasteiger partial charge in [-0.2, -0.15) is 13.2 Å². The molecule has 5 rings (SSSR count). The second-order valence-corrected chi connectivity index (χ2v) is 10.2. The van der Waals surface area contributed by atoms with Gasteiger partial charge in [0.2, 0.25) is 9.84 Å². The first-order valence-corrected chi connectivity index (χ1v) is 12.4. The SMILES string of the molecule is O=C(Nc1cc(C(F)(F)F)ccc1N1CCOCC1)c1ccc2c(c1)S(=O)(=O)c1ccccc1C2=O. The third-order valence-corrected chi connectivity index (χ3v) is 7.97. The average Bonchev–Trinajstić information content (AvgIpc) is 2.87. The number of rotatable bonds is 3. The number of morpholine rings is 1. The second-order valence-electron chi connectivity index (χ2n) is 8.32. The smallest absolute Gasteiger partial charge is 0.378 e. The third-order valence-electron chi connectivity index (χ3n) is 6.12. The minimum absolute atomic E-state index is 0.0429. The molecule has 7 nitrogen and oxygen atoms in total. The molecule has 186 valence electrons. The molecule has 36 heavy (non-hydrogen) atoms. The lowest BCUT2D eigenvalue weighted by atomic mass is 10.0. The quantitative estimate of drug-likeness (QED) is 0.440. The maximum Gasteiger partial charge on any atom is 0.416 e. The Morgan fingerprint density at radius 1 is 0.917 bits per heavy atom. The van der Waals surface area contributed by atoms with E-state index in [2.05, 4.69) is 5.32 Å². The van der Waals surface area contributed by atoms with E-state index < -0.39 is 33.3 Å². The first-order chi connectivity index (χ1) is 17.1. The molecule has 11 heteroatoms. The summed E-state index contributed by atoms with van der Waals surface area (Å²) in [6.07, 6.45) is -4.63. The van der Waals surface area contributed by atoms with Gasteiger partial charge in [-0.05, 0) is 48.5 Å². The van der Waals surface area contributed by atoms with Crippen LogP contribution in [-0.2, 0) is 20.8 Å². The lowest BCUT2D eigenvalue weighted by molar-refractivity contribution is -0.137. The van der Waals surface area contributed by atoms with E-state index >= 15 is 0 Å². The summed E-state index contributed by atoms with van der Waals surface area (Å²) in [5, 5.41) is 2.50. The van der Waals surface area contributed by atoms with Crippen LogP contribution in [0.3, 0.4) is 0 Å². The molecule has 2 aliphatic rings. The van der Waals surface area contributed by atoms with Crippen molar-refractivity contribution >= 4 is 32.9 Å². The van der Waals surface area contributed by atoms with Gasteiger partial charge in [0.05, 0.1) is 39.9 Å². The maximum atomic E-state index is 13.4. The average molecular weight is 516 g/mol. The molecule has 0 radical (unpaired) electrons.